The molecule has 0 unspecified atom stereocenters. The minimum Gasteiger partial charge on any atom is -0.370 e. The van der Waals surface area contributed by atoms with Gasteiger partial charge in [-0.2, -0.15) is 13.2 Å². The van der Waals surface area contributed by atoms with Gasteiger partial charge in [0.05, 0.1) is 0 Å². The molecule has 4 nitrogen and oxygen atoms in total. The summed E-state index contributed by atoms with van der Waals surface area (Å²) in [5.41, 5.74) is 0.0867. The molecule has 1 aromatic heterocycles. The van der Waals surface area contributed by atoms with E-state index >= 15 is 0 Å². The highest BCUT2D eigenvalue weighted by Crippen LogP contribution is 2.20. The predicted octanol–water partition coefficient (Wildman–Crippen LogP) is 3.58. The van der Waals surface area contributed by atoms with Gasteiger partial charge in [0.25, 0.3) is 5.91 Å². The Hall–Kier alpha value is -1.50. The average Bonchev–Trinajstić information content (AvgIpc) is 2.35. The average molecular weight is 324 g/mol. The number of pyridine rings is 1. The van der Waals surface area contributed by atoms with Crippen molar-refractivity contribution in [3.8, 4) is 0 Å². The summed E-state index contributed by atoms with van der Waals surface area (Å²) >= 11 is 5.80. The zero-order chi connectivity index (χ0) is 16.0. The van der Waals surface area contributed by atoms with Gasteiger partial charge in [0.2, 0.25) is 0 Å². The second-order valence-electron chi connectivity index (χ2n) is 4.44. The first kappa shape index (κ1) is 17.6. The molecule has 0 aliphatic rings. The molecule has 0 saturated heterocycles. The van der Waals surface area contributed by atoms with Gasteiger partial charge in [-0.3, -0.25) is 4.79 Å². The number of hydrogen-bond acceptors (Lipinski definition) is 3. The van der Waals surface area contributed by atoms with Crippen molar-refractivity contribution in [2.24, 2.45) is 0 Å². The molecule has 0 aliphatic carbocycles. The summed E-state index contributed by atoms with van der Waals surface area (Å²) in [6.07, 6.45) is -4.01. The van der Waals surface area contributed by atoms with E-state index < -0.39 is 18.6 Å². The van der Waals surface area contributed by atoms with Gasteiger partial charge in [-0.25, -0.2) is 4.98 Å². The number of alkyl halides is 3. The highest BCUT2D eigenvalue weighted by Gasteiger charge is 2.33. The molecule has 0 saturated carbocycles. The number of nitrogens with one attached hydrogen (secondary N) is 1. The molecule has 21 heavy (non-hydrogen) atoms. The first-order valence-electron chi connectivity index (χ1n) is 6.54. The molecule has 118 valence electrons. The molecule has 0 fully saturated rings. The van der Waals surface area contributed by atoms with E-state index in [0.29, 0.717) is 18.8 Å². The Bertz CT molecular complexity index is 494. The molecule has 0 aromatic carbocycles. The second-order valence-corrected chi connectivity index (χ2v) is 4.82. The molecule has 0 spiro atoms. The maximum absolute atomic E-state index is 12.5. The van der Waals surface area contributed by atoms with Crippen LogP contribution in [0.15, 0.2) is 12.1 Å². The molecule has 0 aliphatic heterocycles. The minimum atomic E-state index is -4.44. The van der Waals surface area contributed by atoms with Gasteiger partial charge in [0, 0.05) is 18.7 Å². The first-order valence-corrected chi connectivity index (χ1v) is 6.92. The van der Waals surface area contributed by atoms with Crippen molar-refractivity contribution in [3.63, 3.8) is 0 Å². The first-order chi connectivity index (χ1) is 9.76. The summed E-state index contributed by atoms with van der Waals surface area (Å²) in [6, 6.07) is 2.67. The van der Waals surface area contributed by atoms with Crippen molar-refractivity contribution in [2.75, 3.05) is 25.0 Å². The van der Waals surface area contributed by atoms with E-state index in [4.69, 9.17) is 11.6 Å². The van der Waals surface area contributed by atoms with Crippen molar-refractivity contribution in [3.05, 3.63) is 22.8 Å². The zero-order valence-electron chi connectivity index (χ0n) is 11.8. The lowest BCUT2D eigenvalue weighted by Gasteiger charge is -2.23. The fraction of sp³-hybridized carbons (Fsp3) is 0.538. The van der Waals surface area contributed by atoms with Crippen molar-refractivity contribution in [1.82, 2.24) is 9.88 Å². The normalized spacial score (nSPS) is 11.3. The number of carbonyl (C=O) groups is 1. The summed E-state index contributed by atoms with van der Waals surface area (Å²) in [5, 5.41) is 2.93. The van der Waals surface area contributed by atoms with Crippen LogP contribution in [0.4, 0.5) is 19.0 Å². The Labute approximate surface area is 126 Å². The van der Waals surface area contributed by atoms with Crippen LogP contribution in [0.5, 0.6) is 0 Å². The standard InChI is InChI=1S/C13H17ClF3N3O/c1-3-5-20(8-13(15,16)17)12(21)9-6-10(14)19-11(7-9)18-4-2/h6-7H,3-5,8H2,1-2H3,(H,18,19). The van der Waals surface area contributed by atoms with E-state index in [9.17, 15) is 18.0 Å². The Kier molecular flexibility index (Phi) is 6.26. The fourth-order valence-electron chi connectivity index (χ4n) is 1.81. The molecule has 8 heteroatoms. The van der Waals surface area contributed by atoms with Crippen LogP contribution in [0.2, 0.25) is 5.15 Å². The lowest BCUT2D eigenvalue weighted by atomic mass is 10.2. The monoisotopic (exact) mass is 323 g/mol. The third-order valence-electron chi connectivity index (χ3n) is 2.55. The van der Waals surface area contributed by atoms with Crippen LogP contribution in [-0.4, -0.2) is 41.6 Å². The molecule has 1 rings (SSSR count). The number of hydrogen-bond donors (Lipinski definition) is 1. The van der Waals surface area contributed by atoms with Gasteiger partial charge in [0.1, 0.15) is 17.5 Å². The Morgan fingerprint density at radius 1 is 1.38 bits per heavy atom. The number of anilines is 1. The van der Waals surface area contributed by atoms with Gasteiger partial charge in [-0.15, -0.1) is 0 Å². The van der Waals surface area contributed by atoms with Gasteiger partial charge < -0.3 is 10.2 Å². The van der Waals surface area contributed by atoms with Gasteiger partial charge in [-0.05, 0) is 25.5 Å². The SMILES string of the molecule is CCCN(CC(F)(F)F)C(=O)c1cc(Cl)nc(NCC)c1. The Morgan fingerprint density at radius 2 is 2.05 bits per heavy atom. The summed E-state index contributed by atoms with van der Waals surface area (Å²) in [6.45, 7) is 2.84. The molecular weight excluding hydrogens is 307 g/mol. The van der Waals surface area contributed by atoms with Crippen LogP contribution in [0.1, 0.15) is 30.6 Å². The highest BCUT2D eigenvalue weighted by atomic mass is 35.5. The molecule has 0 atom stereocenters. The van der Waals surface area contributed by atoms with Crippen LogP contribution in [0.3, 0.4) is 0 Å². The third-order valence-corrected chi connectivity index (χ3v) is 2.74. The summed E-state index contributed by atoms with van der Waals surface area (Å²) in [4.78, 5) is 16.9. The second kappa shape index (κ2) is 7.49. The molecule has 1 N–H and O–H groups in total. The minimum absolute atomic E-state index is 0.0226. The number of nitrogens with zero attached hydrogens (tertiary/aromatic N) is 2. The fourth-order valence-corrected chi connectivity index (χ4v) is 2.02. The van der Waals surface area contributed by atoms with Crippen LogP contribution in [-0.2, 0) is 0 Å². The van der Waals surface area contributed by atoms with Crippen molar-refractivity contribution in [1.29, 1.82) is 0 Å². The highest BCUT2D eigenvalue weighted by molar-refractivity contribution is 6.29. The number of halogens is 4. The van der Waals surface area contributed by atoms with E-state index in [0.717, 1.165) is 4.90 Å². The van der Waals surface area contributed by atoms with Crippen LogP contribution >= 0.6 is 11.6 Å². The van der Waals surface area contributed by atoms with Gasteiger partial charge in [-0.1, -0.05) is 18.5 Å². The van der Waals surface area contributed by atoms with Crippen LogP contribution < -0.4 is 5.32 Å². The van der Waals surface area contributed by atoms with Gasteiger partial charge >= 0.3 is 6.18 Å². The maximum atomic E-state index is 12.5. The van der Waals surface area contributed by atoms with Crippen LogP contribution in [0.25, 0.3) is 0 Å². The number of rotatable bonds is 6. The summed E-state index contributed by atoms with van der Waals surface area (Å²) in [7, 11) is 0. The largest absolute Gasteiger partial charge is 0.406 e. The number of aromatic nitrogens is 1. The third kappa shape index (κ3) is 5.79. The smallest absolute Gasteiger partial charge is 0.370 e. The Morgan fingerprint density at radius 3 is 2.57 bits per heavy atom. The molecule has 1 heterocycles. The van der Waals surface area contributed by atoms with E-state index in [2.05, 4.69) is 10.3 Å². The lowest BCUT2D eigenvalue weighted by Crippen LogP contribution is -2.39. The number of carbonyl (C=O) groups excluding carboxylic acids is 1. The predicted molar refractivity (Wildman–Crippen MR) is 75.7 cm³/mol. The molecule has 0 bridgehead atoms. The lowest BCUT2D eigenvalue weighted by molar-refractivity contribution is -0.140. The molecule has 1 aromatic rings. The number of amides is 1. The molecule has 1 amide bonds. The van der Waals surface area contributed by atoms with E-state index in [1.54, 1.807) is 6.92 Å². The topological polar surface area (TPSA) is 45.2 Å². The van der Waals surface area contributed by atoms with Crippen molar-refractivity contribution < 1.29 is 18.0 Å². The maximum Gasteiger partial charge on any atom is 0.406 e. The van der Waals surface area contributed by atoms with Gasteiger partial charge in [0.15, 0.2) is 0 Å². The van der Waals surface area contributed by atoms with Crippen molar-refractivity contribution >= 4 is 23.3 Å². The zero-order valence-corrected chi connectivity index (χ0v) is 12.6. The van der Waals surface area contributed by atoms with Crippen molar-refractivity contribution in [2.45, 2.75) is 26.4 Å². The quantitative estimate of drug-likeness (QED) is 0.814. The molecular formula is C13H17ClF3N3O. The van der Waals surface area contributed by atoms with E-state index in [1.807, 2.05) is 6.92 Å². The summed E-state index contributed by atoms with van der Waals surface area (Å²) < 4.78 is 37.6. The van der Waals surface area contributed by atoms with E-state index in [1.165, 1.54) is 12.1 Å². The summed E-state index contributed by atoms with van der Waals surface area (Å²) in [5.74, 6) is -0.352. The molecule has 0 radical (unpaired) electrons. The van der Waals surface area contributed by atoms with E-state index in [-0.39, 0.29) is 17.3 Å². The van der Waals surface area contributed by atoms with Crippen LogP contribution in [0, 0.1) is 0 Å². The Balaban J connectivity index is 3.02.